The van der Waals surface area contributed by atoms with Gasteiger partial charge in [-0.05, 0) is 168 Å². The van der Waals surface area contributed by atoms with E-state index < -0.39 is 92.0 Å². The number of halogens is 2. The predicted molar refractivity (Wildman–Crippen MR) is 343 cm³/mol. The molecule has 0 aliphatic carbocycles. The van der Waals surface area contributed by atoms with E-state index in [4.69, 9.17) is 15.5 Å². The lowest BCUT2D eigenvalue weighted by Crippen LogP contribution is -2.62. The number of nitrogens with zero attached hydrogens (tertiary/aromatic N) is 5. The van der Waals surface area contributed by atoms with Crippen molar-refractivity contribution in [2.45, 2.75) is 146 Å². The number of fused-ring (bicyclic) bond motifs is 3. The molecule has 1 unspecified atom stereocenters. The molecule has 24 nitrogen and oxygen atoms in total. The minimum atomic E-state index is -4.04. The highest BCUT2D eigenvalue weighted by Gasteiger charge is 2.47. The van der Waals surface area contributed by atoms with Gasteiger partial charge < -0.3 is 61.3 Å². The van der Waals surface area contributed by atoms with Gasteiger partial charge in [0.1, 0.15) is 30.2 Å². The molecule has 0 spiro atoms. The molecule has 94 heavy (non-hydrogen) atoms. The summed E-state index contributed by atoms with van der Waals surface area (Å²) in [5.74, 6) is 1.83. The summed E-state index contributed by atoms with van der Waals surface area (Å²) in [7, 11) is -1.32. The van der Waals surface area contributed by atoms with E-state index in [0.717, 1.165) is 61.4 Å². The average molecular weight is 1340 g/mol. The molecule has 6 aliphatic heterocycles. The Balaban J connectivity index is 0.813. The minimum absolute atomic E-state index is 0.00766. The van der Waals surface area contributed by atoms with Crippen LogP contribution in [0, 0.1) is 23.7 Å². The fourth-order valence-corrected chi connectivity index (χ4v) is 14.8. The molecule has 1 aromatic heterocycles. The second-order valence-corrected chi connectivity index (χ2v) is 27.0. The third-order valence-electron chi connectivity index (χ3n) is 19.0. The number of benzene rings is 3. The van der Waals surface area contributed by atoms with Gasteiger partial charge in [-0.3, -0.25) is 53.3 Å². The summed E-state index contributed by atoms with van der Waals surface area (Å²) in [5, 5.41) is 14.2. The van der Waals surface area contributed by atoms with Crippen molar-refractivity contribution in [3.63, 3.8) is 0 Å². The molecule has 28 heteroatoms. The van der Waals surface area contributed by atoms with Crippen LogP contribution in [0.3, 0.4) is 0 Å². The molecule has 3 aromatic carbocycles. The van der Waals surface area contributed by atoms with Crippen molar-refractivity contribution >= 4 is 89.1 Å². The monoisotopic (exact) mass is 1340 g/mol. The number of likely N-dealkylation sites (tertiary alicyclic amines) is 2. The van der Waals surface area contributed by atoms with Crippen molar-refractivity contribution in [1.29, 1.82) is 0 Å². The molecule has 9 N–H and O–H groups in total. The van der Waals surface area contributed by atoms with Crippen LogP contribution in [-0.2, 0) is 57.2 Å². The Bertz CT molecular complexity index is 3610. The zero-order valence-electron chi connectivity index (χ0n) is 52.5. The Labute approximate surface area is 548 Å². The maximum atomic E-state index is 14.9. The lowest BCUT2D eigenvalue weighted by atomic mass is 9.91. The first-order chi connectivity index (χ1) is 45.0. The van der Waals surface area contributed by atoms with Gasteiger partial charge in [-0.25, -0.2) is 4.52 Å². The molecule has 4 aromatic rings. The van der Waals surface area contributed by atoms with E-state index in [1.807, 2.05) is 17.9 Å². The molecule has 0 saturated carbocycles. The van der Waals surface area contributed by atoms with Crippen LogP contribution < -0.4 is 32.3 Å². The zero-order chi connectivity index (χ0) is 67.0. The molecule has 7 heterocycles. The topological polar surface area (TPSA) is 323 Å². The Morgan fingerprint density at radius 1 is 0.862 bits per heavy atom. The van der Waals surface area contributed by atoms with E-state index in [1.165, 1.54) is 21.9 Å². The number of thiophene rings is 1. The minimum Gasteiger partial charge on any atom is -0.370 e. The van der Waals surface area contributed by atoms with Gasteiger partial charge in [-0.1, -0.05) is 37.0 Å². The third-order valence-corrected chi connectivity index (χ3v) is 20.5. The Hall–Kier alpha value is -7.83. The quantitative estimate of drug-likeness (QED) is 0.0316. The molecule has 502 valence electrons. The van der Waals surface area contributed by atoms with Gasteiger partial charge in [-0.2, -0.15) is 8.78 Å². The van der Waals surface area contributed by atoms with Gasteiger partial charge in [0.15, 0.2) is 0 Å². The number of imide groups is 1. The summed E-state index contributed by atoms with van der Waals surface area (Å²) in [5.41, 5.74) is 7.90. The summed E-state index contributed by atoms with van der Waals surface area (Å²) in [6.45, 7) is 6.39. The van der Waals surface area contributed by atoms with E-state index in [2.05, 4.69) is 54.9 Å². The van der Waals surface area contributed by atoms with Crippen molar-refractivity contribution in [2.75, 3.05) is 59.4 Å². The molecular formula is C66H80F2N11O13PS. The molecule has 0 bridgehead atoms. The normalized spacial score (nSPS) is 21.5. The first-order valence-electron chi connectivity index (χ1n) is 32.2. The number of primary amides is 1. The number of alkyl halides is 2. The number of carbonyl (C=O) groups is 10. The van der Waals surface area contributed by atoms with E-state index in [0.29, 0.717) is 97.7 Å². The van der Waals surface area contributed by atoms with Crippen molar-refractivity contribution in [2.24, 2.45) is 17.6 Å². The van der Waals surface area contributed by atoms with Crippen LogP contribution in [0.5, 0.6) is 0 Å². The molecular weight excluding hydrogens is 1260 g/mol. The fraction of sp³-hybridized carbons (Fsp3) is 0.515. The number of hydrogen-bond donors (Lipinski definition) is 8. The summed E-state index contributed by atoms with van der Waals surface area (Å²) in [6.07, 6.45) is 1.33. The zero-order valence-corrected chi connectivity index (χ0v) is 54.3. The van der Waals surface area contributed by atoms with Crippen LogP contribution in [0.1, 0.15) is 143 Å². The van der Waals surface area contributed by atoms with E-state index >= 15 is 0 Å². The lowest BCUT2D eigenvalue weighted by Gasteiger charge is -2.38. The molecule has 10 amide bonds. The number of rotatable bonds is 22. The second-order valence-electron chi connectivity index (χ2n) is 25.3. The predicted octanol–water partition coefficient (Wildman–Crippen LogP) is 3.74. The van der Waals surface area contributed by atoms with Crippen molar-refractivity contribution in [3.05, 3.63) is 105 Å². The highest BCUT2D eigenvalue weighted by Crippen LogP contribution is 2.43. The Morgan fingerprint density at radius 3 is 2.32 bits per heavy atom. The smallest absolute Gasteiger partial charge is 0.370 e. The summed E-state index contributed by atoms with van der Waals surface area (Å²) in [4.78, 5) is 164. The number of hydrogen-bond acceptors (Lipinski definition) is 16. The van der Waals surface area contributed by atoms with Gasteiger partial charge in [-0.15, -0.1) is 11.3 Å². The summed E-state index contributed by atoms with van der Waals surface area (Å²) in [6, 6.07) is 10.8. The molecule has 5 fully saturated rings. The van der Waals surface area contributed by atoms with Crippen molar-refractivity contribution in [3.8, 4) is 11.8 Å². The second kappa shape index (κ2) is 30.7. The van der Waals surface area contributed by atoms with Crippen LogP contribution in [-0.4, -0.2) is 189 Å². The number of carbonyl (C=O) groups excluding carboxylic acids is 10. The average Bonchev–Trinajstić information content (AvgIpc) is 1.63. The summed E-state index contributed by atoms with van der Waals surface area (Å²) < 4.78 is 33.8. The van der Waals surface area contributed by atoms with Crippen LogP contribution in [0.25, 0.3) is 10.1 Å². The van der Waals surface area contributed by atoms with Crippen LogP contribution in [0.4, 0.5) is 8.78 Å². The number of nitrogens with one attached hydrogen (secondary N) is 5. The molecule has 10 rings (SSSR count). The Kier molecular flexibility index (Phi) is 22.5. The van der Waals surface area contributed by atoms with E-state index in [9.17, 15) is 56.7 Å². The fourth-order valence-electron chi connectivity index (χ4n) is 13.5. The van der Waals surface area contributed by atoms with Crippen LogP contribution >= 0.6 is 19.9 Å². The standard InChI is InChI=1S/C66H80F2N11O13PS/c1-3-76-30-27-46-16-18-53(79(46)65(89)51(38-76)73-62(86)55-35-44-34-45(15-20-54(44)94-55)66(67,68)92-93(90)91)61(85)71-49(17-21-56(69)80)59(83)72-50(33-40-11-13-43(14-12-40)58(82)70-36-41-23-28-75(2)29-24-41)64(88)77-31-25-39(26-32-77)7-4-5-8-42-9-6-10-47-48(42)37-78(63(47)87)52-19-22-57(81)74-60(52)84/h6,9-15,20,34-35,39,41,46,49-53,90-91H,3-4,7,16-19,21-33,36-38H2,1-2H3,(H2,69,80)(H,70,82)(H,71,85)(H,72,83)(H,73,86)(H,74,81,84)/t46-,49+,50+,51+,52?,53+/m1/s1. The SMILES string of the molecule is CCN1CC[C@H]2CC[C@@H](C(=O)N[C@@H](CCC(N)=O)C(=O)N[C@@H](Cc3ccc(C(=O)NCC4CCN(C)CC4)cc3)C(=O)N3CCC(CCC#Cc4cccc5c4CN(C4CCC(=O)NC4=O)C5=O)CC3)N2C(=O)[C@@H](NC(=O)c2cc3cc(C(F)(F)OP(O)O)ccc3s2)C1. The summed E-state index contributed by atoms with van der Waals surface area (Å²) >= 11 is 0.985. The molecule has 0 radical (unpaired) electrons. The maximum absolute atomic E-state index is 14.9. The maximum Gasteiger partial charge on any atom is 0.389 e. The highest BCUT2D eigenvalue weighted by molar-refractivity contribution is 7.39. The Morgan fingerprint density at radius 2 is 1.61 bits per heavy atom. The van der Waals surface area contributed by atoms with Crippen molar-refractivity contribution in [1.82, 2.24) is 51.1 Å². The number of piperidine rings is 3. The first-order valence-corrected chi connectivity index (χ1v) is 34.1. The number of likely N-dealkylation sites (N-methyl/N-ethyl adjacent to an activating group) is 1. The molecule has 5 saturated heterocycles. The van der Waals surface area contributed by atoms with Crippen LogP contribution in [0.2, 0.25) is 0 Å². The van der Waals surface area contributed by atoms with Gasteiger partial charge in [0.2, 0.25) is 41.4 Å². The van der Waals surface area contributed by atoms with Gasteiger partial charge >= 0.3 is 14.7 Å². The lowest BCUT2D eigenvalue weighted by molar-refractivity contribution is -0.189. The molecule has 6 atom stereocenters. The molecule has 6 aliphatic rings. The largest absolute Gasteiger partial charge is 0.389 e. The van der Waals surface area contributed by atoms with Gasteiger partial charge in [0.25, 0.3) is 17.7 Å². The van der Waals surface area contributed by atoms with Gasteiger partial charge in [0, 0.05) is 92.4 Å². The number of nitrogens with two attached hydrogens (primary N) is 1. The number of amides is 10. The third kappa shape index (κ3) is 16.8. The highest BCUT2D eigenvalue weighted by atomic mass is 32.1. The van der Waals surface area contributed by atoms with E-state index in [1.54, 1.807) is 41.3 Å². The van der Waals surface area contributed by atoms with Gasteiger partial charge in [0.05, 0.1) is 10.4 Å². The van der Waals surface area contributed by atoms with E-state index in [-0.39, 0.29) is 91.4 Å². The van der Waals surface area contributed by atoms with Crippen molar-refractivity contribution < 1.29 is 71.0 Å². The first kappa shape index (κ1) is 69.0. The van der Waals surface area contributed by atoms with Crippen LogP contribution in [0.15, 0.2) is 66.7 Å².